The van der Waals surface area contributed by atoms with Crippen molar-refractivity contribution in [2.45, 2.75) is 127 Å². The number of morpholine rings is 1. The van der Waals surface area contributed by atoms with E-state index in [2.05, 4.69) is 42.5 Å². The number of ether oxygens (including phenoxy) is 3. The lowest BCUT2D eigenvalue weighted by Crippen LogP contribution is -2.52. The summed E-state index contributed by atoms with van der Waals surface area (Å²) in [6, 6.07) is 7.49. The number of piperidine rings is 2. The third-order valence-corrected chi connectivity index (χ3v) is 14.1. The number of nitrogens with one attached hydrogen (secondary N) is 2. The number of hydrogen-bond donors (Lipinski definition) is 4. The first-order valence-corrected chi connectivity index (χ1v) is 23.0. The highest BCUT2D eigenvalue weighted by Crippen LogP contribution is 2.43. The number of rotatable bonds is 12. The van der Waals surface area contributed by atoms with E-state index < -0.39 is 30.5 Å². The second kappa shape index (κ2) is 17.9. The van der Waals surface area contributed by atoms with E-state index in [9.17, 15) is 23.8 Å². The molecule has 10 rings (SSSR count). The minimum Gasteiger partial charge on any atom is -0.489 e. The van der Waals surface area contributed by atoms with Gasteiger partial charge in [0.1, 0.15) is 35.7 Å². The molecular weight excluding hydrogens is 829 g/mol. The SMILES string of the molecule is Cc1nn([C@H]2CC[C@H](O)N[C@H]2O)c2cccc(OC3CC(C)(OC4CCN(CC5CCC(n6cc(NC(=O)c7cnn8ccc(N9CCOCC9)nc78)c(C(F)F)n6)CC5)CC4)C3)c12. The van der Waals surface area contributed by atoms with Crippen molar-refractivity contribution >= 4 is 34.0 Å². The van der Waals surface area contributed by atoms with Gasteiger partial charge in [-0.15, -0.1) is 0 Å². The van der Waals surface area contributed by atoms with Gasteiger partial charge in [-0.2, -0.15) is 15.3 Å². The van der Waals surface area contributed by atoms with E-state index in [1.807, 2.05) is 35.9 Å². The highest BCUT2D eigenvalue weighted by atomic mass is 19.3. The molecule has 5 aromatic rings. The van der Waals surface area contributed by atoms with E-state index >= 15 is 0 Å². The average Bonchev–Trinajstić information content (AvgIpc) is 4.00. The molecule has 3 saturated heterocycles. The molecule has 2 aliphatic carbocycles. The van der Waals surface area contributed by atoms with Crippen LogP contribution < -0.4 is 20.3 Å². The van der Waals surface area contributed by atoms with E-state index in [0.717, 1.165) is 93.3 Å². The van der Waals surface area contributed by atoms with Crippen molar-refractivity contribution in [3.05, 3.63) is 59.8 Å². The Morgan fingerprint density at radius 3 is 2.53 bits per heavy atom. The van der Waals surface area contributed by atoms with Crippen LogP contribution in [0.5, 0.6) is 5.75 Å². The van der Waals surface area contributed by atoms with E-state index in [0.29, 0.717) is 56.5 Å². The molecule has 0 radical (unpaired) electrons. The smallest absolute Gasteiger partial charge is 0.284 e. The quantitative estimate of drug-likeness (QED) is 0.126. The van der Waals surface area contributed by atoms with Crippen LogP contribution in [0.2, 0.25) is 0 Å². The van der Waals surface area contributed by atoms with E-state index in [4.69, 9.17) is 19.3 Å². The van der Waals surface area contributed by atoms with Crippen LogP contribution >= 0.6 is 0 Å². The van der Waals surface area contributed by atoms with Gasteiger partial charge in [0.2, 0.25) is 0 Å². The lowest BCUT2D eigenvalue weighted by molar-refractivity contribution is -0.175. The Labute approximate surface area is 370 Å². The zero-order chi connectivity index (χ0) is 44.1. The van der Waals surface area contributed by atoms with E-state index in [-0.39, 0.29) is 41.1 Å². The van der Waals surface area contributed by atoms with Gasteiger partial charge in [-0.05, 0) is 89.3 Å². The topological polar surface area (TPSA) is 182 Å². The highest BCUT2D eigenvalue weighted by molar-refractivity contribution is 6.08. The van der Waals surface area contributed by atoms with Crippen LogP contribution in [0.4, 0.5) is 20.3 Å². The third kappa shape index (κ3) is 8.81. The lowest BCUT2D eigenvalue weighted by atomic mass is 9.78. The normalized spacial score (nSPS) is 28.5. The Morgan fingerprint density at radius 2 is 1.78 bits per heavy atom. The number of amides is 1. The molecule has 7 heterocycles. The Kier molecular flexibility index (Phi) is 12.1. The first kappa shape index (κ1) is 43.1. The molecule has 17 nitrogen and oxygen atoms in total. The van der Waals surface area contributed by atoms with Crippen molar-refractivity contribution in [1.82, 2.24) is 44.4 Å². The third-order valence-electron chi connectivity index (χ3n) is 14.1. The van der Waals surface area contributed by atoms with Gasteiger partial charge in [-0.3, -0.25) is 19.5 Å². The number of likely N-dealkylation sites (tertiary alicyclic amines) is 1. The van der Waals surface area contributed by atoms with E-state index in [1.165, 1.54) is 10.7 Å². The predicted octanol–water partition coefficient (Wildman–Crippen LogP) is 5.38. The summed E-state index contributed by atoms with van der Waals surface area (Å²) >= 11 is 0. The molecule has 0 unspecified atom stereocenters. The van der Waals surface area contributed by atoms with Crippen molar-refractivity contribution in [2.75, 3.05) is 56.2 Å². The summed E-state index contributed by atoms with van der Waals surface area (Å²) in [6.07, 6.45) is 8.81. The highest BCUT2D eigenvalue weighted by Gasteiger charge is 2.45. The molecule has 5 fully saturated rings. The minimum atomic E-state index is -2.85. The molecule has 0 spiro atoms. The summed E-state index contributed by atoms with van der Waals surface area (Å²) in [7, 11) is 0. The number of aliphatic hydroxyl groups excluding tert-OH is 2. The van der Waals surface area contributed by atoms with Crippen LogP contribution in [0.1, 0.15) is 111 Å². The van der Waals surface area contributed by atoms with Gasteiger partial charge in [-0.25, -0.2) is 18.3 Å². The molecule has 3 atom stereocenters. The fourth-order valence-corrected chi connectivity index (χ4v) is 10.7. The molecule has 344 valence electrons. The largest absolute Gasteiger partial charge is 0.489 e. The van der Waals surface area contributed by atoms with Crippen molar-refractivity contribution in [1.29, 1.82) is 0 Å². The van der Waals surface area contributed by atoms with Crippen LogP contribution in [0, 0.1) is 12.8 Å². The maximum atomic E-state index is 14.3. The van der Waals surface area contributed by atoms with Crippen molar-refractivity contribution < 1.29 is 38.0 Å². The summed E-state index contributed by atoms with van der Waals surface area (Å²) in [5.74, 6) is 1.45. The number of anilines is 2. The number of fused-ring (bicyclic) bond motifs is 2. The minimum absolute atomic E-state index is 0.00365. The van der Waals surface area contributed by atoms with Gasteiger partial charge in [0.05, 0.1) is 65.5 Å². The van der Waals surface area contributed by atoms with Gasteiger partial charge >= 0.3 is 0 Å². The average molecular weight is 888 g/mol. The summed E-state index contributed by atoms with van der Waals surface area (Å²) in [5, 5.41) is 40.4. The number of aryl methyl sites for hydroxylation is 1. The number of aliphatic hydroxyl groups is 2. The fraction of sp³-hybridized carbons (Fsp3) is 0.622. The molecule has 0 bridgehead atoms. The van der Waals surface area contributed by atoms with Crippen LogP contribution in [-0.2, 0) is 9.47 Å². The summed E-state index contributed by atoms with van der Waals surface area (Å²) in [6.45, 7) is 9.67. The second-order valence-corrected chi connectivity index (χ2v) is 18.7. The number of halogens is 2. The molecular formula is C45H59F2N11O6. The molecule has 3 aliphatic heterocycles. The number of alkyl halides is 2. The first-order valence-electron chi connectivity index (χ1n) is 23.0. The number of hydrogen-bond acceptors (Lipinski definition) is 13. The molecule has 2 saturated carbocycles. The molecule has 5 aliphatic rings. The number of aromatic nitrogens is 7. The van der Waals surface area contributed by atoms with Gasteiger partial charge in [0, 0.05) is 58.0 Å². The number of benzene rings is 1. The van der Waals surface area contributed by atoms with Gasteiger partial charge < -0.3 is 39.5 Å². The van der Waals surface area contributed by atoms with Gasteiger partial charge in [-0.1, -0.05) is 6.07 Å². The van der Waals surface area contributed by atoms with Crippen LogP contribution in [0.3, 0.4) is 0 Å². The molecule has 1 amide bonds. The van der Waals surface area contributed by atoms with Crippen LogP contribution in [0.25, 0.3) is 16.6 Å². The van der Waals surface area contributed by atoms with Gasteiger partial charge in [0.15, 0.2) is 11.3 Å². The van der Waals surface area contributed by atoms with Crippen molar-refractivity contribution in [3.63, 3.8) is 0 Å². The monoisotopic (exact) mass is 887 g/mol. The summed E-state index contributed by atoms with van der Waals surface area (Å²) < 4.78 is 52.3. The fourth-order valence-electron chi connectivity index (χ4n) is 10.7. The molecule has 64 heavy (non-hydrogen) atoms. The van der Waals surface area contributed by atoms with Crippen molar-refractivity contribution in [2.24, 2.45) is 5.92 Å². The molecule has 1 aromatic carbocycles. The maximum absolute atomic E-state index is 14.3. The molecule has 4 aromatic heterocycles. The Balaban J connectivity index is 0.681. The Morgan fingerprint density at radius 1 is 1.00 bits per heavy atom. The predicted molar refractivity (Wildman–Crippen MR) is 233 cm³/mol. The number of carbonyl (C=O) groups excluding carboxylic acids is 1. The van der Waals surface area contributed by atoms with Gasteiger partial charge in [0.25, 0.3) is 12.3 Å². The lowest BCUT2D eigenvalue weighted by Gasteiger charge is -2.47. The summed E-state index contributed by atoms with van der Waals surface area (Å²) in [5.41, 5.74) is 1.62. The molecule has 19 heteroatoms. The zero-order valence-electron chi connectivity index (χ0n) is 36.5. The first-order chi connectivity index (χ1) is 31.0. The van der Waals surface area contributed by atoms with Crippen molar-refractivity contribution in [3.8, 4) is 5.75 Å². The number of carbonyl (C=O) groups is 1. The van der Waals surface area contributed by atoms with Crippen LogP contribution in [0.15, 0.2) is 42.9 Å². The van der Waals surface area contributed by atoms with E-state index in [1.54, 1.807) is 17.1 Å². The summed E-state index contributed by atoms with van der Waals surface area (Å²) in [4.78, 5) is 22.8. The molecule has 4 N–H and O–H groups in total. The van der Waals surface area contributed by atoms with Crippen LogP contribution in [-0.4, -0.2) is 131 Å². The number of nitrogens with zero attached hydrogens (tertiary/aromatic N) is 9. The standard InChI is InChI=1S/C45H59F2N11O6/c1-27-39-34(58(52-27)35-10-11-38(59)51-44(35)61)4-3-5-36(39)63-31-22-45(2,23-31)64-30-12-15-54(16-13-30)25-28-6-8-29(9-7-28)57-26-33(40(53-57)41(46)47)49-43(60)32-24-48-56-17-14-37(50-42(32)56)55-18-20-62-21-19-55/h3-5,14,17,24,26,28-31,35,38,41,44,51,59,61H,6-13,15-16,18-23,25H2,1-2H3,(H,49,60)/t28?,29?,31?,35-,38-,44-,45?/m0/s1. The Bertz CT molecular complexity index is 2430. The Hall–Kier alpha value is -4.79. The zero-order valence-corrected chi connectivity index (χ0v) is 36.5. The maximum Gasteiger partial charge on any atom is 0.284 e. The second-order valence-electron chi connectivity index (χ2n) is 18.7.